The van der Waals surface area contributed by atoms with Crippen molar-refractivity contribution in [2.45, 2.75) is 80.3 Å². The van der Waals surface area contributed by atoms with Crippen molar-refractivity contribution < 1.29 is 39.1 Å². The molecule has 3 saturated carbocycles. The van der Waals surface area contributed by atoms with E-state index in [9.17, 15) is 20.1 Å². The molecule has 0 radical (unpaired) electrons. The molecule has 0 amide bonds. The first-order chi connectivity index (χ1) is 16.5. The van der Waals surface area contributed by atoms with E-state index >= 15 is 0 Å². The van der Waals surface area contributed by atoms with Gasteiger partial charge < -0.3 is 34.3 Å². The predicted molar refractivity (Wildman–Crippen MR) is 121 cm³/mol. The Bertz CT molecular complexity index is 1140. The van der Waals surface area contributed by atoms with Gasteiger partial charge in [0.25, 0.3) is 0 Å². The first kappa shape index (κ1) is 22.5. The fourth-order valence-corrected chi connectivity index (χ4v) is 8.55. The number of aliphatic hydroxyl groups is 3. The second-order valence-corrected chi connectivity index (χ2v) is 11.8. The van der Waals surface area contributed by atoms with Crippen molar-refractivity contribution in [3.63, 3.8) is 0 Å². The third-order valence-corrected chi connectivity index (χ3v) is 10.2. The zero-order chi connectivity index (χ0) is 24.8. The molecular formula is C27H32O8. The molecule has 3 aliphatic heterocycles. The maximum atomic E-state index is 13.5. The monoisotopic (exact) mass is 484 g/mol. The van der Waals surface area contributed by atoms with Crippen LogP contribution in [0, 0.1) is 23.7 Å². The highest BCUT2D eigenvalue weighted by atomic mass is 16.9. The van der Waals surface area contributed by atoms with Gasteiger partial charge in [0.15, 0.2) is 11.4 Å². The Morgan fingerprint density at radius 1 is 1.14 bits per heavy atom. The summed E-state index contributed by atoms with van der Waals surface area (Å²) in [6, 6.07) is 9.41. The summed E-state index contributed by atoms with van der Waals surface area (Å²) >= 11 is 0. The van der Waals surface area contributed by atoms with Gasteiger partial charge in [0.2, 0.25) is 0 Å². The van der Waals surface area contributed by atoms with E-state index in [1.54, 1.807) is 6.92 Å². The lowest BCUT2D eigenvalue weighted by atomic mass is 9.54. The Balaban J connectivity index is 1.52. The number of aliphatic hydroxyl groups excluding tert-OH is 2. The smallest absolute Gasteiger partial charge is 0.313 e. The van der Waals surface area contributed by atoms with E-state index in [1.165, 1.54) is 0 Å². The van der Waals surface area contributed by atoms with Gasteiger partial charge in [0, 0.05) is 23.3 Å². The number of hydrogen-bond acceptors (Lipinski definition) is 8. The van der Waals surface area contributed by atoms with Crippen LogP contribution in [0.5, 0.6) is 0 Å². The average Bonchev–Trinajstić information content (AvgIpc) is 3.48. The van der Waals surface area contributed by atoms with Crippen LogP contribution in [0.15, 0.2) is 42.5 Å². The van der Waals surface area contributed by atoms with Crippen LogP contribution in [0.4, 0.5) is 0 Å². The molecule has 2 unspecified atom stereocenters. The van der Waals surface area contributed by atoms with E-state index in [1.807, 2.05) is 44.2 Å². The van der Waals surface area contributed by atoms with E-state index in [0.717, 1.165) is 5.57 Å². The van der Waals surface area contributed by atoms with E-state index in [2.05, 4.69) is 6.58 Å². The number of carbonyl (C=O) groups excluding carboxylic acids is 1. The summed E-state index contributed by atoms with van der Waals surface area (Å²) in [5.41, 5.74) is -4.14. The number of benzene rings is 1. The predicted octanol–water partition coefficient (Wildman–Crippen LogP) is 1.41. The molecule has 1 aromatic rings. The molecule has 3 heterocycles. The molecule has 3 saturated heterocycles. The van der Waals surface area contributed by atoms with Gasteiger partial charge in [-0.05, 0) is 31.3 Å². The average molecular weight is 485 g/mol. The van der Waals surface area contributed by atoms with Gasteiger partial charge >= 0.3 is 5.97 Å². The molecule has 1 aromatic carbocycles. The van der Waals surface area contributed by atoms with Crippen molar-refractivity contribution >= 4 is 5.78 Å². The molecule has 8 heteroatoms. The fraction of sp³-hybridized carbons (Fsp3) is 0.667. The molecule has 0 spiro atoms. The van der Waals surface area contributed by atoms with Crippen LogP contribution in [-0.2, 0) is 29.7 Å². The molecule has 3 bridgehead atoms. The zero-order valence-electron chi connectivity index (χ0n) is 20.1. The Morgan fingerprint density at radius 3 is 2.51 bits per heavy atom. The number of ether oxygens (including phenoxy) is 4. The topological polar surface area (TPSA) is 118 Å². The number of ketones is 1. The lowest BCUT2D eigenvalue weighted by Gasteiger charge is -2.60. The largest absolute Gasteiger partial charge is 0.393 e. The molecule has 6 aliphatic rings. The molecular weight excluding hydrogens is 452 g/mol. The van der Waals surface area contributed by atoms with Crippen LogP contribution in [0.2, 0.25) is 0 Å². The Morgan fingerprint density at radius 2 is 1.86 bits per heavy atom. The standard InChI is InChI=1S/C27H32O8/c1-13(2)23-11-15(4)26-17-10-14(3)19(29)25(17,31)22(30)24(12-28)21(32-24)18(26)20(23)33-27(34-23,35-26)16-8-6-5-7-9-16/h5-9,14-15,17-18,20-22,28,30-31H,1,10-12H2,2-4H3/t14-,15+,17?,18?,20+,21-,22+,23+,24-,25+,26-,27+/m0/s1. The fourth-order valence-electron chi connectivity index (χ4n) is 8.55. The summed E-state index contributed by atoms with van der Waals surface area (Å²) < 4.78 is 26.6. The molecule has 8 nitrogen and oxygen atoms in total. The maximum absolute atomic E-state index is 13.5. The van der Waals surface area contributed by atoms with E-state index < -0.39 is 76.8 Å². The number of Topliss-reactive ketones (excluding diaryl/α,β-unsaturated/α-hetero) is 1. The van der Waals surface area contributed by atoms with Crippen molar-refractivity contribution in [2.75, 3.05) is 6.61 Å². The van der Waals surface area contributed by atoms with Crippen LogP contribution >= 0.6 is 0 Å². The summed E-state index contributed by atoms with van der Waals surface area (Å²) in [4.78, 5) is 13.5. The minimum absolute atomic E-state index is 0.199. The van der Waals surface area contributed by atoms with Gasteiger partial charge in [0.1, 0.15) is 29.5 Å². The van der Waals surface area contributed by atoms with Crippen molar-refractivity contribution in [3.8, 4) is 0 Å². The summed E-state index contributed by atoms with van der Waals surface area (Å²) in [5, 5.41) is 34.1. The molecule has 3 N–H and O–H groups in total. The Hall–Kier alpha value is -1.65. The normalized spacial score (nSPS) is 57.3. The van der Waals surface area contributed by atoms with Gasteiger partial charge in [-0.15, -0.1) is 0 Å². The van der Waals surface area contributed by atoms with Crippen LogP contribution in [0.1, 0.15) is 39.2 Å². The lowest BCUT2D eigenvalue weighted by molar-refractivity contribution is -0.442. The maximum Gasteiger partial charge on any atom is 0.313 e. The third-order valence-electron chi connectivity index (χ3n) is 10.2. The zero-order valence-corrected chi connectivity index (χ0v) is 20.1. The Kier molecular flexibility index (Phi) is 4.14. The summed E-state index contributed by atoms with van der Waals surface area (Å²) in [5.74, 6) is -3.91. The molecule has 12 atom stereocenters. The van der Waals surface area contributed by atoms with Crippen LogP contribution < -0.4 is 0 Å². The number of rotatable bonds is 3. The summed E-state index contributed by atoms with van der Waals surface area (Å²) in [6.45, 7) is 9.47. The number of epoxide rings is 1. The third kappa shape index (κ3) is 2.20. The first-order valence-electron chi connectivity index (χ1n) is 12.6. The van der Waals surface area contributed by atoms with E-state index in [4.69, 9.17) is 18.9 Å². The second kappa shape index (κ2) is 6.42. The second-order valence-electron chi connectivity index (χ2n) is 11.8. The Labute approximate surface area is 203 Å². The highest BCUT2D eigenvalue weighted by Gasteiger charge is 2.89. The number of carbonyl (C=O) groups is 1. The van der Waals surface area contributed by atoms with Crippen LogP contribution in [0.3, 0.4) is 0 Å². The van der Waals surface area contributed by atoms with E-state index in [0.29, 0.717) is 18.4 Å². The van der Waals surface area contributed by atoms with Gasteiger partial charge in [-0.2, -0.15) is 0 Å². The van der Waals surface area contributed by atoms with Gasteiger partial charge in [-0.3, -0.25) is 4.79 Å². The quantitative estimate of drug-likeness (QED) is 0.436. The molecule has 35 heavy (non-hydrogen) atoms. The summed E-state index contributed by atoms with van der Waals surface area (Å²) in [6.07, 6.45) is -1.97. The van der Waals surface area contributed by atoms with E-state index in [-0.39, 0.29) is 5.92 Å². The SMILES string of the molecule is C=C(C)[C@]12C[C@@H](C)[C@@]34O[C@](c5ccccc5)(O[C@@H]1C3[C@@H]1O[C@]1(CO)[C@@H](O)[C@]1(O)C(=O)[C@@H](C)CC41)O2. The molecule has 6 fully saturated rings. The molecule has 188 valence electrons. The highest BCUT2D eigenvalue weighted by Crippen LogP contribution is 2.74. The van der Waals surface area contributed by atoms with Crippen molar-refractivity contribution in [1.82, 2.24) is 0 Å². The van der Waals surface area contributed by atoms with Gasteiger partial charge in [-0.25, -0.2) is 0 Å². The van der Waals surface area contributed by atoms with Crippen LogP contribution in [-0.4, -0.2) is 68.4 Å². The number of fused-ring (bicyclic) bond motifs is 3. The number of hydrogen-bond donors (Lipinski definition) is 3. The molecule has 0 aromatic heterocycles. The van der Waals surface area contributed by atoms with Gasteiger partial charge in [-0.1, -0.05) is 50.8 Å². The van der Waals surface area contributed by atoms with Crippen LogP contribution in [0.25, 0.3) is 0 Å². The minimum atomic E-state index is -2.13. The summed E-state index contributed by atoms with van der Waals surface area (Å²) in [7, 11) is 0. The van der Waals surface area contributed by atoms with Crippen molar-refractivity contribution in [2.24, 2.45) is 23.7 Å². The van der Waals surface area contributed by atoms with Gasteiger partial charge in [0.05, 0.1) is 12.2 Å². The first-order valence-corrected chi connectivity index (χ1v) is 12.6. The highest BCUT2D eigenvalue weighted by molar-refractivity contribution is 5.93. The lowest BCUT2D eigenvalue weighted by Crippen LogP contribution is -2.72. The molecule has 7 rings (SSSR count). The minimum Gasteiger partial charge on any atom is -0.393 e. The molecule has 3 aliphatic carbocycles. The van der Waals surface area contributed by atoms with Crippen molar-refractivity contribution in [1.29, 1.82) is 0 Å². The van der Waals surface area contributed by atoms with Crippen molar-refractivity contribution in [3.05, 3.63) is 48.0 Å².